The Morgan fingerprint density at radius 3 is 2.44 bits per heavy atom. The van der Waals surface area contributed by atoms with Crippen LogP contribution in [0.5, 0.6) is 11.5 Å². The predicted octanol–water partition coefficient (Wildman–Crippen LogP) is 4.94. The van der Waals surface area contributed by atoms with Gasteiger partial charge >= 0.3 is 5.97 Å². The van der Waals surface area contributed by atoms with Crippen molar-refractivity contribution in [2.45, 2.75) is 6.61 Å². The minimum Gasteiger partial charge on any atom is -0.493 e. The Kier molecular flexibility index (Phi) is 6.83. The molecule has 8 heteroatoms. The Labute approximate surface area is 183 Å². The van der Waals surface area contributed by atoms with Gasteiger partial charge in [-0.25, -0.2) is 4.79 Å². The molecule has 0 radical (unpaired) electrons. The summed E-state index contributed by atoms with van der Waals surface area (Å²) < 4.78 is 11.2. The number of aromatic carboxylic acids is 1. The van der Waals surface area contributed by atoms with Gasteiger partial charge in [0.25, 0.3) is 5.69 Å². The first-order chi connectivity index (χ1) is 15.4. The molecule has 0 spiro atoms. The van der Waals surface area contributed by atoms with Crippen LogP contribution in [-0.2, 0) is 6.61 Å². The zero-order chi connectivity index (χ0) is 23.1. The molecule has 32 heavy (non-hydrogen) atoms. The molecular weight excluding hydrogens is 412 g/mol. The van der Waals surface area contributed by atoms with Gasteiger partial charge in [0.15, 0.2) is 11.5 Å². The van der Waals surface area contributed by atoms with Crippen molar-refractivity contribution in [2.24, 2.45) is 0 Å². The van der Waals surface area contributed by atoms with E-state index in [9.17, 15) is 20.2 Å². The number of nitro groups is 1. The van der Waals surface area contributed by atoms with Gasteiger partial charge in [-0.2, -0.15) is 5.26 Å². The number of nitro benzene ring substituents is 1. The van der Waals surface area contributed by atoms with E-state index in [2.05, 4.69) is 6.07 Å². The molecule has 3 aromatic carbocycles. The normalized spacial score (nSPS) is 10.8. The second-order valence-corrected chi connectivity index (χ2v) is 6.68. The maximum Gasteiger partial charge on any atom is 0.335 e. The fraction of sp³-hybridized carbons (Fsp3) is 0.0833. The highest BCUT2D eigenvalue weighted by Crippen LogP contribution is 2.31. The topological polar surface area (TPSA) is 123 Å². The number of carboxylic acids is 1. The Bertz CT molecular complexity index is 1230. The van der Waals surface area contributed by atoms with Crippen LogP contribution >= 0.6 is 0 Å². The van der Waals surface area contributed by atoms with Crippen LogP contribution in [0, 0.1) is 21.4 Å². The molecule has 3 rings (SSSR count). The number of allylic oxidation sites excluding steroid dienone is 1. The van der Waals surface area contributed by atoms with Crippen molar-refractivity contribution in [3.05, 3.63) is 99.1 Å². The van der Waals surface area contributed by atoms with E-state index in [0.29, 0.717) is 33.8 Å². The Morgan fingerprint density at radius 1 is 1.09 bits per heavy atom. The lowest BCUT2D eigenvalue weighted by Crippen LogP contribution is -1.99. The summed E-state index contributed by atoms with van der Waals surface area (Å²) in [4.78, 5) is 21.5. The van der Waals surface area contributed by atoms with Crippen LogP contribution < -0.4 is 9.47 Å². The van der Waals surface area contributed by atoms with E-state index in [1.165, 1.54) is 31.4 Å². The molecule has 0 saturated heterocycles. The second kappa shape index (κ2) is 9.91. The van der Waals surface area contributed by atoms with Crippen molar-refractivity contribution in [3.63, 3.8) is 0 Å². The summed E-state index contributed by atoms with van der Waals surface area (Å²) in [6.07, 6.45) is 1.66. The van der Waals surface area contributed by atoms with Crippen LogP contribution in [0.15, 0.2) is 66.7 Å². The molecule has 0 amide bonds. The largest absolute Gasteiger partial charge is 0.493 e. The first-order valence-electron chi connectivity index (χ1n) is 9.41. The summed E-state index contributed by atoms with van der Waals surface area (Å²) in [6.45, 7) is 0.118. The fourth-order valence-electron chi connectivity index (χ4n) is 2.95. The van der Waals surface area contributed by atoms with Crippen molar-refractivity contribution in [1.29, 1.82) is 5.26 Å². The van der Waals surface area contributed by atoms with Crippen molar-refractivity contribution in [1.82, 2.24) is 0 Å². The summed E-state index contributed by atoms with van der Waals surface area (Å²) in [7, 11) is 1.48. The number of nitrogens with zero attached hydrogens (tertiary/aromatic N) is 2. The smallest absolute Gasteiger partial charge is 0.335 e. The predicted molar refractivity (Wildman–Crippen MR) is 117 cm³/mol. The molecule has 8 nitrogen and oxygen atoms in total. The lowest BCUT2D eigenvalue weighted by atomic mass is 10.0. The third-order valence-corrected chi connectivity index (χ3v) is 4.58. The molecule has 0 aliphatic rings. The lowest BCUT2D eigenvalue weighted by molar-refractivity contribution is -0.384. The van der Waals surface area contributed by atoms with Gasteiger partial charge in [-0.15, -0.1) is 0 Å². The van der Waals surface area contributed by atoms with Crippen molar-refractivity contribution in [2.75, 3.05) is 7.11 Å². The van der Waals surface area contributed by atoms with E-state index < -0.39 is 10.9 Å². The van der Waals surface area contributed by atoms with Crippen LogP contribution in [0.25, 0.3) is 11.6 Å². The Morgan fingerprint density at radius 2 is 1.81 bits per heavy atom. The zero-order valence-electron chi connectivity index (χ0n) is 17.0. The number of hydrogen-bond donors (Lipinski definition) is 1. The van der Waals surface area contributed by atoms with Gasteiger partial charge in [0.05, 0.1) is 29.2 Å². The maximum atomic E-state index is 11.0. The molecule has 0 aliphatic carbocycles. The summed E-state index contributed by atoms with van der Waals surface area (Å²) in [6, 6.07) is 19.4. The molecule has 0 heterocycles. The van der Waals surface area contributed by atoms with Gasteiger partial charge in [-0.05, 0) is 47.0 Å². The van der Waals surface area contributed by atoms with Gasteiger partial charge in [0.2, 0.25) is 0 Å². The van der Waals surface area contributed by atoms with Crippen LogP contribution in [0.2, 0.25) is 0 Å². The zero-order valence-corrected chi connectivity index (χ0v) is 17.0. The minimum atomic E-state index is -1.04. The number of carbonyl (C=O) groups is 1. The van der Waals surface area contributed by atoms with E-state index >= 15 is 0 Å². The highest BCUT2D eigenvalue weighted by atomic mass is 16.6. The van der Waals surface area contributed by atoms with Crippen LogP contribution in [-0.4, -0.2) is 23.1 Å². The maximum absolute atomic E-state index is 11.0. The van der Waals surface area contributed by atoms with Gasteiger partial charge in [-0.3, -0.25) is 10.1 Å². The number of benzene rings is 3. The number of carboxylic acid groups (broad SMARTS) is 1. The summed E-state index contributed by atoms with van der Waals surface area (Å²) >= 11 is 0. The number of ether oxygens (including phenoxy) is 2. The number of methoxy groups -OCH3 is 1. The molecule has 0 saturated carbocycles. The van der Waals surface area contributed by atoms with Gasteiger partial charge in [0.1, 0.15) is 6.61 Å². The van der Waals surface area contributed by atoms with Gasteiger partial charge < -0.3 is 14.6 Å². The van der Waals surface area contributed by atoms with Gasteiger partial charge in [-0.1, -0.05) is 30.3 Å². The average Bonchev–Trinajstić information content (AvgIpc) is 2.81. The minimum absolute atomic E-state index is 0.0148. The fourth-order valence-corrected chi connectivity index (χ4v) is 2.95. The first kappa shape index (κ1) is 22.1. The monoisotopic (exact) mass is 430 g/mol. The molecule has 0 fully saturated rings. The van der Waals surface area contributed by atoms with E-state index in [1.807, 2.05) is 0 Å². The quantitative estimate of drug-likeness (QED) is 0.232. The van der Waals surface area contributed by atoms with Crippen LogP contribution in [0.1, 0.15) is 27.0 Å². The Hall–Kier alpha value is -4.64. The van der Waals surface area contributed by atoms with E-state index in [0.717, 1.165) is 0 Å². The molecule has 0 bridgehead atoms. The van der Waals surface area contributed by atoms with Crippen LogP contribution in [0.3, 0.4) is 0 Å². The molecule has 0 aromatic heterocycles. The number of rotatable bonds is 8. The number of hydrogen-bond acceptors (Lipinski definition) is 6. The molecule has 0 atom stereocenters. The standard InChI is InChI=1S/C24H18N2O6/c1-31-23-13-16(11-20(14-25)18-6-8-19(9-7-18)24(27)28)5-10-22(23)32-15-17-3-2-4-21(12-17)26(29)30/h2-13H,15H2,1H3,(H,27,28)/b20-11+. The molecular formula is C24H18N2O6. The SMILES string of the molecule is COc1cc(/C=C(\C#N)c2ccc(C(=O)O)cc2)ccc1OCc1cccc([N+](=O)[O-])c1. The number of nitriles is 1. The van der Waals surface area contributed by atoms with E-state index in [4.69, 9.17) is 14.6 Å². The first-order valence-corrected chi connectivity index (χ1v) is 9.41. The third-order valence-electron chi connectivity index (χ3n) is 4.58. The molecule has 3 aromatic rings. The number of non-ortho nitro benzene ring substituents is 1. The Balaban J connectivity index is 1.81. The third kappa shape index (κ3) is 5.29. The van der Waals surface area contributed by atoms with Crippen molar-refractivity contribution in [3.8, 4) is 17.6 Å². The summed E-state index contributed by atoms with van der Waals surface area (Å²) in [5.41, 5.74) is 2.39. The average molecular weight is 430 g/mol. The summed E-state index contributed by atoms with van der Waals surface area (Å²) in [5, 5.41) is 29.5. The molecule has 0 aliphatic heterocycles. The van der Waals surface area contributed by atoms with Gasteiger partial charge in [0, 0.05) is 12.1 Å². The van der Waals surface area contributed by atoms with E-state index in [1.54, 1.807) is 48.5 Å². The van der Waals surface area contributed by atoms with Crippen molar-refractivity contribution >= 4 is 23.3 Å². The highest BCUT2D eigenvalue weighted by Gasteiger charge is 2.10. The molecule has 0 unspecified atom stereocenters. The molecule has 1 N–H and O–H groups in total. The van der Waals surface area contributed by atoms with Crippen LogP contribution in [0.4, 0.5) is 5.69 Å². The van der Waals surface area contributed by atoms with E-state index in [-0.39, 0.29) is 17.9 Å². The molecule has 160 valence electrons. The lowest BCUT2D eigenvalue weighted by Gasteiger charge is -2.12. The summed E-state index contributed by atoms with van der Waals surface area (Å²) in [5.74, 6) is -0.160. The highest BCUT2D eigenvalue weighted by molar-refractivity contribution is 5.92. The van der Waals surface area contributed by atoms with Crippen molar-refractivity contribution < 1.29 is 24.3 Å². The second-order valence-electron chi connectivity index (χ2n) is 6.68.